The summed E-state index contributed by atoms with van der Waals surface area (Å²) in [6.45, 7) is 0.953. The maximum atomic E-state index is 11.9. The van der Waals surface area contributed by atoms with E-state index in [2.05, 4.69) is 0 Å². The van der Waals surface area contributed by atoms with Crippen molar-refractivity contribution < 1.29 is 18.7 Å². The summed E-state index contributed by atoms with van der Waals surface area (Å²) in [5.74, 6) is -0.657. The molecule has 0 N–H and O–H groups in total. The maximum absolute atomic E-state index is 11.9. The SMILES string of the molecule is O=C(O[C@H]1CCOC1)c1cc2ccccc2oc1=O. The van der Waals surface area contributed by atoms with E-state index in [4.69, 9.17) is 13.9 Å². The Morgan fingerprint density at radius 2 is 2.16 bits per heavy atom. The third-order valence-corrected chi connectivity index (χ3v) is 3.02. The number of fused-ring (bicyclic) bond motifs is 1. The van der Waals surface area contributed by atoms with E-state index >= 15 is 0 Å². The number of esters is 1. The molecule has 1 aliphatic heterocycles. The van der Waals surface area contributed by atoms with Gasteiger partial charge in [-0.25, -0.2) is 9.59 Å². The molecule has 19 heavy (non-hydrogen) atoms. The van der Waals surface area contributed by atoms with Crippen molar-refractivity contribution in [1.82, 2.24) is 0 Å². The lowest BCUT2D eigenvalue weighted by atomic mass is 10.2. The first-order valence-corrected chi connectivity index (χ1v) is 6.05. The lowest BCUT2D eigenvalue weighted by molar-refractivity contribution is 0.0266. The average Bonchev–Trinajstić information content (AvgIpc) is 2.90. The normalized spacial score (nSPS) is 18.6. The Bertz CT molecular complexity index is 667. The van der Waals surface area contributed by atoms with Crippen molar-refractivity contribution >= 4 is 16.9 Å². The van der Waals surface area contributed by atoms with Gasteiger partial charge in [-0.1, -0.05) is 18.2 Å². The van der Waals surface area contributed by atoms with E-state index in [1.807, 2.05) is 6.07 Å². The van der Waals surface area contributed by atoms with Gasteiger partial charge in [-0.2, -0.15) is 0 Å². The van der Waals surface area contributed by atoms with Crippen molar-refractivity contribution in [1.29, 1.82) is 0 Å². The minimum Gasteiger partial charge on any atom is -0.456 e. The molecule has 0 bridgehead atoms. The number of hydrogen-bond acceptors (Lipinski definition) is 5. The van der Waals surface area contributed by atoms with Crippen LogP contribution in [0.15, 0.2) is 39.5 Å². The molecule has 1 fully saturated rings. The summed E-state index contributed by atoms with van der Waals surface area (Å²) in [5.41, 5.74) is -0.304. The molecule has 5 heteroatoms. The first-order valence-electron chi connectivity index (χ1n) is 6.05. The summed E-state index contributed by atoms with van der Waals surface area (Å²) >= 11 is 0. The average molecular weight is 260 g/mol. The lowest BCUT2D eigenvalue weighted by Crippen LogP contribution is -2.22. The smallest absolute Gasteiger partial charge is 0.351 e. The fraction of sp³-hybridized carbons (Fsp3) is 0.286. The zero-order valence-electron chi connectivity index (χ0n) is 10.1. The quantitative estimate of drug-likeness (QED) is 0.607. The van der Waals surface area contributed by atoms with Crippen LogP contribution < -0.4 is 5.63 Å². The Balaban J connectivity index is 1.92. The summed E-state index contributed by atoms with van der Waals surface area (Å²) in [6.07, 6.45) is 0.378. The van der Waals surface area contributed by atoms with Gasteiger partial charge in [-0.3, -0.25) is 0 Å². The van der Waals surface area contributed by atoms with Gasteiger partial charge < -0.3 is 13.9 Å². The molecule has 0 aliphatic carbocycles. The summed E-state index contributed by atoms with van der Waals surface area (Å²) < 4.78 is 15.4. The van der Waals surface area contributed by atoms with Crippen molar-refractivity contribution in [3.63, 3.8) is 0 Å². The van der Waals surface area contributed by atoms with Gasteiger partial charge in [-0.15, -0.1) is 0 Å². The molecule has 1 aromatic carbocycles. The molecule has 2 heterocycles. The molecule has 1 aliphatic rings. The number of rotatable bonds is 2. The Morgan fingerprint density at radius 3 is 2.95 bits per heavy atom. The van der Waals surface area contributed by atoms with Crippen molar-refractivity contribution in [2.45, 2.75) is 12.5 Å². The summed E-state index contributed by atoms with van der Waals surface area (Å²) in [5, 5.41) is 0.691. The lowest BCUT2D eigenvalue weighted by Gasteiger charge is -2.09. The van der Waals surface area contributed by atoms with Gasteiger partial charge >= 0.3 is 11.6 Å². The van der Waals surface area contributed by atoms with Gasteiger partial charge in [-0.05, 0) is 12.1 Å². The number of para-hydroxylation sites is 1. The van der Waals surface area contributed by atoms with Crippen LogP contribution in [-0.4, -0.2) is 25.3 Å². The fourth-order valence-corrected chi connectivity index (χ4v) is 2.02. The molecule has 0 unspecified atom stereocenters. The predicted molar refractivity (Wildman–Crippen MR) is 67.1 cm³/mol. The van der Waals surface area contributed by atoms with Crippen molar-refractivity contribution in [2.75, 3.05) is 13.2 Å². The number of carbonyl (C=O) groups excluding carboxylic acids is 1. The van der Waals surface area contributed by atoms with Crippen LogP contribution in [0.3, 0.4) is 0 Å². The van der Waals surface area contributed by atoms with E-state index in [0.29, 0.717) is 30.6 Å². The van der Waals surface area contributed by atoms with Gasteiger partial charge in [0.15, 0.2) is 0 Å². The van der Waals surface area contributed by atoms with E-state index in [9.17, 15) is 9.59 Å². The number of benzene rings is 1. The molecule has 1 aromatic heterocycles. The van der Waals surface area contributed by atoms with E-state index in [-0.39, 0.29) is 11.7 Å². The minimum absolute atomic E-state index is 0.0781. The van der Waals surface area contributed by atoms with Crippen LogP contribution in [0, 0.1) is 0 Å². The van der Waals surface area contributed by atoms with Crippen LogP contribution in [-0.2, 0) is 9.47 Å². The highest BCUT2D eigenvalue weighted by Gasteiger charge is 2.23. The molecule has 0 spiro atoms. The van der Waals surface area contributed by atoms with E-state index in [1.165, 1.54) is 6.07 Å². The first-order chi connectivity index (χ1) is 9.24. The van der Waals surface area contributed by atoms with E-state index in [0.717, 1.165) is 0 Å². The van der Waals surface area contributed by atoms with E-state index in [1.54, 1.807) is 18.2 Å². The van der Waals surface area contributed by atoms with Crippen LogP contribution in [0.1, 0.15) is 16.8 Å². The highest BCUT2D eigenvalue weighted by Crippen LogP contribution is 2.15. The zero-order valence-corrected chi connectivity index (χ0v) is 10.1. The largest absolute Gasteiger partial charge is 0.456 e. The van der Waals surface area contributed by atoms with Crippen molar-refractivity contribution in [2.24, 2.45) is 0 Å². The Kier molecular flexibility index (Phi) is 3.05. The number of carbonyl (C=O) groups is 1. The summed E-state index contributed by atoms with van der Waals surface area (Å²) in [7, 11) is 0. The Labute approximate surface area is 108 Å². The second-order valence-corrected chi connectivity index (χ2v) is 4.38. The molecule has 0 saturated carbocycles. The topological polar surface area (TPSA) is 65.7 Å². The molecular formula is C14H12O5. The Hall–Kier alpha value is -2.14. The van der Waals surface area contributed by atoms with Crippen molar-refractivity contribution in [3.05, 3.63) is 46.3 Å². The highest BCUT2D eigenvalue weighted by molar-refractivity contribution is 5.92. The van der Waals surface area contributed by atoms with E-state index < -0.39 is 11.6 Å². The molecule has 1 saturated heterocycles. The summed E-state index contributed by atoms with van der Waals surface area (Å²) in [4.78, 5) is 23.7. The number of ether oxygens (including phenoxy) is 2. The third kappa shape index (κ3) is 2.37. The number of hydrogen-bond donors (Lipinski definition) is 0. The second kappa shape index (κ2) is 4.85. The zero-order chi connectivity index (χ0) is 13.2. The standard InChI is InChI=1S/C14H12O5/c15-13(18-10-5-6-17-8-10)11-7-9-3-1-2-4-12(9)19-14(11)16/h1-4,7,10H,5-6,8H2/t10-/m0/s1. The Morgan fingerprint density at radius 1 is 1.32 bits per heavy atom. The van der Waals surface area contributed by atoms with Gasteiger partial charge in [0.05, 0.1) is 13.2 Å². The highest BCUT2D eigenvalue weighted by atomic mass is 16.6. The molecule has 5 nitrogen and oxygen atoms in total. The van der Waals surface area contributed by atoms with Gasteiger partial charge in [0, 0.05) is 11.8 Å². The predicted octanol–water partition coefficient (Wildman–Crippen LogP) is 1.74. The molecule has 3 rings (SSSR count). The van der Waals surface area contributed by atoms with Crippen LogP contribution in [0.4, 0.5) is 0 Å². The second-order valence-electron chi connectivity index (χ2n) is 4.38. The van der Waals surface area contributed by atoms with Crippen LogP contribution in [0.5, 0.6) is 0 Å². The summed E-state index contributed by atoms with van der Waals surface area (Å²) in [6, 6.07) is 8.52. The monoisotopic (exact) mass is 260 g/mol. The molecule has 0 radical (unpaired) electrons. The molecule has 2 aromatic rings. The molecular weight excluding hydrogens is 248 g/mol. The van der Waals surface area contributed by atoms with Crippen molar-refractivity contribution in [3.8, 4) is 0 Å². The van der Waals surface area contributed by atoms with Gasteiger partial charge in [0.2, 0.25) is 0 Å². The maximum Gasteiger partial charge on any atom is 0.351 e. The van der Waals surface area contributed by atoms with Crippen LogP contribution in [0.25, 0.3) is 11.0 Å². The first kappa shape index (κ1) is 11.9. The van der Waals surface area contributed by atoms with Gasteiger partial charge in [0.25, 0.3) is 0 Å². The van der Waals surface area contributed by atoms with Crippen LogP contribution in [0.2, 0.25) is 0 Å². The fourth-order valence-electron chi connectivity index (χ4n) is 2.02. The molecule has 1 atom stereocenters. The van der Waals surface area contributed by atoms with Gasteiger partial charge in [0.1, 0.15) is 17.3 Å². The minimum atomic E-state index is -0.678. The third-order valence-electron chi connectivity index (χ3n) is 3.02. The molecule has 98 valence electrons. The molecule has 0 amide bonds. The van der Waals surface area contributed by atoms with Crippen LogP contribution >= 0.6 is 0 Å².